The highest BCUT2D eigenvalue weighted by molar-refractivity contribution is 5.79. The lowest BCUT2D eigenvalue weighted by Gasteiger charge is -2.05. The minimum absolute atomic E-state index is 0.0334. The van der Waals surface area contributed by atoms with Gasteiger partial charge in [0.2, 0.25) is 17.7 Å². The van der Waals surface area contributed by atoms with Gasteiger partial charge in [-0.25, -0.2) is 0 Å². The van der Waals surface area contributed by atoms with Crippen molar-refractivity contribution in [2.24, 2.45) is 0 Å². The number of aryl methyl sites for hydroxylation is 3. The summed E-state index contributed by atoms with van der Waals surface area (Å²) in [6, 6.07) is 20.4. The quantitative estimate of drug-likeness (QED) is 0.388. The monoisotopic (exact) mass is 414 g/mol. The van der Waals surface area contributed by atoms with Crippen molar-refractivity contribution in [3.8, 4) is 0 Å². The van der Waals surface area contributed by atoms with Gasteiger partial charge in [-0.15, -0.1) is 10.2 Å². The third kappa shape index (κ3) is 6.22. The molecule has 0 fully saturated rings. The third-order valence-electron chi connectivity index (χ3n) is 5.18. The molecule has 2 aromatic heterocycles. The topological polar surface area (TPSA) is 80.9 Å². The van der Waals surface area contributed by atoms with Crippen LogP contribution >= 0.6 is 0 Å². The highest BCUT2D eigenvalue weighted by Gasteiger charge is 2.09. The fourth-order valence-corrected chi connectivity index (χ4v) is 3.48. The number of amides is 1. The fraction of sp³-hybridized carbons (Fsp3) is 0.280. The van der Waals surface area contributed by atoms with Gasteiger partial charge in [0.25, 0.3) is 0 Å². The number of nitrogens with one attached hydrogen (secondary N) is 1. The average molecular weight is 415 g/mol. The molecule has 4 rings (SSSR count). The van der Waals surface area contributed by atoms with E-state index in [1.807, 2.05) is 36.4 Å². The second kappa shape index (κ2) is 10.5. The predicted molar refractivity (Wildman–Crippen MR) is 119 cm³/mol. The molecule has 4 aromatic rings. The van der Waals surface area contributed by atoms with E-state index in [2.05, 4.69) is 44.8 Å². The normalized spacial score (nSPS) is 11.0. The Balaban J connectivity index is 1.16. The van der Waals surface area contributed by atoms with E-state index in [0.717, 1.165) is 42.1 Å². The Hall–Kier alpha value is -3.54. The second-order valence-corrected chi connectivity index (χ2v) is 7.59. The molecule has 0 radical (unpaired) electrons. The van der Waals surface area contributed by atoms with Crippen molar-refractivity contribution in [3.63, 3.8) is 0 Å². The summed E-state index contributed by atoms with van der Waals surface area (Å²) in [6.07, 6.45) is 6.44. The Morgan fingerprint density at radius 2 is 1.65 bits per heavy atom. The summed E-state index contributed by atoms with van der Waals surface area (Å²) in [7, 11) is 0. The van der Waals surface area contributed by atoms with E-state index in [0.29, 0.717) is 31.2 Å². The summed E-state index contributed by atoms with van der Waals surface area (Å²) in [4.78, 5) is 16.5. The number of benzene rings is 2. The van der Waals surface area contributed by atoms with Gasteiger partial charge < -0.3 is 9.73 Å². The van der Waals surface area contributed by atoms with E-state index in [-0.39, 0.29) is 5.91 Å². The number of hydrogen-bond acceptors (Lipinski definition) is 5. The molecule has 0 saturated heterocycles. The van der Waals surface area contributed by atoms with Crippen LogP contribution in [0.25, 0.3) is 10.9 Å². The molecule has 1 amide bonds. The molecule has 0 aliphatic heterocycles. The van der Waals surface area contributed by atoms with Crippen molar-refractivity contribution in [2.75, 3.05) is 0 Å². The van der Waals surface area contributed by atoms with Gasteiger partial charge in [0, 0.05) is 37.4 Å². The largest absolute Gasteiger partial charge is 0.425 e. The molecule has 0 unspecified atom stereocenters. The molecule has 1 N–H and O–H groups in total. The van der Waals surface area contributed by atoms with E-state index >= 15 is 0 Å². The van der Waals surface area contributed by atoms with Crippen LogP contribution in [0, 0.1) is 0 Å². The van der Waals surface area contributed by atoms with Crippen LogP contribution < -0.4 is 5.32 Å². The van der Waals surface area contributed by atoms with Gasteiger partial charge in [0.05, 0.1) is 5.52 Å². The van der Waals surface area contributed by atoms with Crippen LogP contribution in [-0.4, -0.2) is 21.1 Å². The van der Waals surface area contributed by atoms with Crippen molar-refractivity contribution < 1.29 is 9.21 Å². The number of aromatic nitrogens is 3. The molecule has 6 heteroatoms. The Labute approximate surface area is 181 Å². The lowest BCUT2D eigenvalue weighted by molar-refractivity contribution is -0.121. The average Bonchev–Trinajstić information content (AvgIpc) is 3.27. The predicted octanol–water partition coefficient (Wildman–Crippen LogP) is 4.43. The van der Waals surface area contributed by atoms with Crippen LogP contribution in [0.5, 0.6) is 0 Å². The zero-order chi connectivity index (χ0) is 21.3. The van der Waals surface area contributed by atoms with Crippen LogP contribution in [0.15, 0.2) is 71.3 Å². The van der Waals surface area contributed by atoms with Crippen molar-refractivity contribution in [3.05, 3.63) is 89.8 Å². The van der Waals surface area contributed by atoms with Gasteiger partial charge in [-0.05, 0) is 48.6 Å². The number of hydrogen-bond donors (Lipinski definition) is 1. The molecule has 0 spiro atoms. The lowest BCUT2D eigenvalue weighted by Crippen LogP contribution is -2.23. The number of unbranched alkanes of at least 4 members (excludes halogenated alkanes) is 1. The maximum atomic E-state index is 12.2. The van der Waals surface area contributed by atoms with Gasteiger partial charge in [-0.3, -0.25) is 9.78 Å². The zero-order valence-corrected chi connectivity index (χ0v) is 17.5. The van der Waals surface area contributed by atoms with Crippen LogP contribution in [-0.2, 0) is 30.6 Å². The van der Waals surface area contributed by atoms with Gasteiger partial charge in [-0.2, -0.15) is 0 Å². The third-order valence-corrected chi connectivity index (χ3v) is 5.18. The van der Waals surface area contributed by atoms with Gasteiger partial charge in [0.15, 0.2) is 0 Å². The van der Waals surface area contributed by atoms with Gasteiger partial charge >= 0.3 is 0 Å². The number of carbonyl (C=O) groups excluding carboxylic acids is 1. The molecule has 0 bridgehead atoms. The molecular formula is C25H26N4O2. The fourth-order valence-electron chi connectivity index (χ4n) is 3.48. The van der Waals surface area contributed by atoms with Crippen LogP contribution in [0.3, 0.4) is 0 Å². The Kier molecular flexibility index (Phi) is 7.00. The van der Waals surface area contributed by atoms with Crippen LogP contribution in [0.1, 0.15) is 42.2 Å². The van der Waals surface area contributed by atoms with E-state index in [1.54, 1.807) is 6.20 Å². The van der Waals surface area contributed by atoms with Gasteiger partial charge in [-0.1, -0.05) is 42.5 Å². The standard InChI is InChI=1S/C25H26N4O2/c30-23(27-18-20-12-13-22-21(17-20)10-6-16-26-22)14-15-25-29-28-24(31-25)11-5-4-9-19-7-2-1-3-8-19/h1-3,6-8,10,12-13,16-17H,4-5,9,11,14-15,18H2,(H,27,30). The van der Waals surface area contributed by atoms with Crippen LogP contribution in [0.2, 0.25) is 0 Å². The van der Waals surface area contributed by atoms with Crippen molar-refractivity contribution in [2.45, 2.75) is 45.1 Å². The molecule has 6 nitrogen and oxygen atoms in total. The van der Waals surface area contributed by atoms with Crippen molar-refractivity contribution in [1.29, 1.82) is 0 Å². The van der Waals surface area contributed by atoms with Crippen LogP contribution in [0.4, 0.5) is 0 Å². The lowest BCUT2D eigenvalue weighted by atomic mass is 10.1. The minimum Gasteiger partial charge on any atom is -0.425 e. The summed E-state index contributed by atoms with van der Waals surface area (Å²) < 4.78 is 5.69. The second-order valence-electron chi connectivity index (χ2n) is 7.59. The smallest absolute Gasteiger partial charge is 0.220 e. The van der Waals surface area contributed by atoms with E-state index < -0.39 is 0 Å². The first kappa shape index (κ1) is 20.7. The SMILES string of the molecule is O=C(CCc1nnc(CCCCc2ccccc2)o1)NCc1ccc2ncccc2c1. The van der Waals surface area contributed by atoms with Crippen molar-refractivity contribution >= 4 is 16.8 Å². The summed E-state index contributed by atoms with van der Waals surface area (Å²) >= 11 is 0. The number of nitrogens with zero attached hydrogens (tertiary/aromatic N) is 3. The molecule has 158 valence electrons. The number of pyridine rings is 1. The Bertz CT molecular complexity index is 1120. The first-order valence-electron chi connectivity index (χ1n) is 10.7. The van der Waals surface area contributed by atoms with Crippen molar-refractivity contribution in [1.82, 2.24) is 20.5 Å². The minimum atomic E-state index is -0.0334. The molecule has 0 atom stereocenters. The van der Waals surface area contributed by atoms with E-state index in [4.69, 9.17) is 4.42 Å². The molecule has 0 aliphatic carbocycles. The summed E-state index contributed by atoms with van der Waals surface area (Å²) in [5.74, 6) is 1.13. The molecule has 0 aliphatic rings. The maximum Gasteiger partial charge on any atom is 0.220 e. The summed E-state index contributed by atoms with van der Waals surface area (Å²) in [5, 5.41) is 12.2. The Morgan fingerprint density at radius 3 is 2.52 bits per heavy atom. The molecule has 2 aromatic carbocycles. The van der Waals surface area contributed by atoms with E-state index in [1.165, 1.54) is 5.56 Å². The number of rotatable bonds is 10. The summed E-state index contributed by atoms with van der Waals surface area (Å²) in [6.45, 7) is 0.486. The molecule has 0 saturated carbocycles. The molecular weight excluding hydrogens is 388 g/mol. The highest BCUT2D eigenvalue weighted by Crippen LogP contribution is 2.13. The molecule has 31 heavy (non-hydrogen) atoms. The first-order valence-corrected chi connectivity index (χ1v) is 10.7. The molecule has 2 heterocycles. The number of fused-ring (bicyclic) bond motifs is 1. The maximum absolute atomic E-state index is 12.2. The zero-order valence-electron chi connectivity index (χ0n) is 17.5. The summed E-state index contributed by atoms with van der Waals surface area (Å²) in [5.41, 5.74) is 3.34. The Morgan fingerprint density at radius 1 is 0.839 bits per heavy atom. The van der Waals surface area contributed by atoms with Gasteiger partial charge in [0.1, 0.15) is 0 Å². The number of carbonyl (C=O) groups is 1. The first-order chi connectivity index (χ1) is 15.3. The van der Waals surface area contributed by atoms with E-state index in [9.17, 15) is 4.79 Å². The highest BCUT2D eigenvalue weighted by atomic mass is 16.4.